The van der Waals surface area contributed by atoms with Gasteiger partial charge in [0.2, 0.25) is 5.91 Å². The number of benzene rings is 1. The second-order valence-corrected chi connectivity index (χ2v) is 3.87. The Morgan fingerprint density at radius 3 is 2.32 bits per heavy atom. The Labute approximate surface area is 108 Å². The van der Waals surface area contributed by atoms with Crippen LogP contribution in [0.5, 0.6) is 0 Å². The summed E-state index contributed by atoms with van der Waals surface area (Å²) in [6.45, 7) is 0. The van der Waals surface area contributed by atoms with Crippen LogP contribution >= 0.6 is 0 Å². The van der Waals surface area contributed by atoms with Crippen LogP contribution in [0.3, 0.4) is 0 Å². The number of carboxylic acids is 1. The third kappa shape index (κ3) is 4.74. The van der Waals surface area contributed by atoms with Crippen LogP contribution in [-0.2, 0) is 9.59 Å². The summed E-state index contributed by atoms with van der Waals surface area (Å²) in [6, 6.07) is 3.63. The van der Waals surface area contributed by atoms with Crippen LogP contribution in [0.4, 0.5) is 4.39 Å². The molecule has 6 nitrogen and oxygen atoms in total. The molecule has 0 bridgehead atoms. The second kappa shape index (κ2) is 6.48. The normalized spacial score (nSPS) is 11.6. The third-order valence-corrected chi connectivity index (χ3v) is 2.40. The zero-order chi connectivity index (χ0) is 14.4. The third-order valence-electron chi connectivity index (χ3n) is 2.40. The predicted octanol–water partition coefficient (Wildman–Crippen LogP) is 0.274. The van der Waals surface area contributed by atoms with E-state index in [-0.39, 0.29) is 18.4 Å². The van der Waals surface area contributed by atoms with Crippen LogP contribution < -0.4 is 11.1 Å². The molecule has 0 aliphatic heterocycles. The average molecular weight is 268 g/mol. The van der Waals surface area contributed by atoms with Crippen LogP contribution in [0.1, 0.15) is 23.2 Å². The molecule has 4 N–H and O–H groups in total. The van der Waals surface area contributed by atoms with Gasteiger partial charge in [-0.25, -0.2) is 4.39 Å². The molecule has 0 unspecified atom stereocenters. The molecule has 2 amide bonds. The monoisotopic (exact) mass is 268 g/mol. The maximum absolute atomic E-state index is 12.7. The van der Waals surface area contributed by atoms with Gasteiger partial charge in [0.25, 0.3) is 5.91 Å². The molecule has 1 aromatic carbocycles. The molecule has 1 rings (SSSR count). The summed E-state index contributed by atoms with van der Waals surface area (Å²) in [5, 5.41) is 10.8. The molecule has 0 spiro atoms. The number of amides is 2. The highest BCUT2D eigenvalue weighted by atomic mass is 19.1. The van der Waals surface area contributed by atoms with Crippen molar-refractivity contribution in [2.75, 3.05) is 0 Å². The Morgan fingerprint density at radius 2 is 1.84 bits per heavy atom. The lowest BCUT2D eigenvalue weighted by atomic mass is 10.1. The van der Waals surface area contributed by atoms with E-state index in [1.165, 1.54) is 12.1 Å². The van der Waals surface area contributed by atoms with E-state index in [9.17, 15) is 18.8 Å². The Hall–Kier alpha value is -2.44. The van der Waals surface area contributed by atoms with E-state index in [0.717, 1.165) is 12.1 Å². The lowest BCUT2D eigenvalue weighted by molar-refractivity contribution is -0.137. The summed E-state index contributed by atoms with van der Waals surface area (Å²) in [5.41, 5.74) is 5.22. The number of nitrogens with one attached hydrogen (secondary N) is 1. The van der Waals surface area contributed by atoms with E-state index < -0.39 is 29.6 Å². The summed E-state index contributed by atoms with van der Waals surface area (Å²) in [7, 11) is 0. The minimum Gasteiger partial charge on any atom is -0.481 e. The molecule has 102 valence electrons. The van der Waals surface area contributed by atoms with E-state index in [2.05, 4.69) is 5.32 Å². The Bertz CT molecular complexity index is 487. The van der Waals surface area contributed by atoms with Crippen LogP contribution in [0.2, 0.25) is 0 Å². The molecule has 0 aliphatic rings. The number of primary amides is 1. The highest BCUT2D eigenvalue weighted by molar-refractivity contribution is 5.97. The van der Waals surface area contributed by atoms with Gasteiger partial charge >= 0.3 is 5.97 Å². The fraction of sp³-hybridized carbons (Fsp3) is 0.250. The highest BCUT2D eigenvalue weighted by Crippen LogP contribution is 2.04. The molecule has 0 fully saturated rings. The van der Waals surface area contributed by atoms with Gasteiger partial charge in [0.05, 0.1) is 0 Å². The van der Waals surface area contributed by atoms with Gasteiger partial charge in [0, 0.05) is 12.0 Å². The van der Waals surface area contributed by atoms with Gasteiger partial charge in [0.15, 0.2) is 0 Å². The first-order valence-electron chi connectivity index (χ1n) is 5.47. The number of nitrogens with two attached hydrogens (primary N) is 1. The van der Waals surface area contributed by atoms with Crippen molar-refractivity contribution in [1.29, 1.82) is 0 Å². The lowest BCUT2D eigenvalue weighted by Gasteiger charge is -2.14. The maximum atomic E-state index is 12.7. The van der Waals surface area contributed by atoms with Crippen molar-refractivity contribution < 1.29 is 23.9 Å². The first-order valence-corrected chi connectivity index (χ1v) is 5.47. The van der Waals surface area contributed by atoms with Crippen molar-refractivity contribution >= 4 is 17.8 Å². The van der Waals surface area contributed by atoms with E-state index in [4.69, 9.17) is 10.8 Å². The Morgan fingerprint density at radius 1 is 1.26 bits per heavy atom. The number of carbonyl (C=O) groups is 3. The van der Waals surface area contributed by atoms with Crippen molar-refractivity contribution in [3.05, 3.63) is 35.6 Å². The average Bonchev–Trinajstić information content (AvgIpc) is 2.34. The first-order chi connectivity index (χ1) is 8.90. The van der Waals surface area contributed by atoms with Crippen LogP contribution in [0.25, 0.3) is 0 Å². The molecule has 7 heteroatoms. The number of halogens is 1. The molecular weight excluding hydrogens is 255 g/mol. The fourth-order valence-corrected chi connectivity index (χ4v) is 1.40. The smallest absolute Gasteiger partial charge is 0.303 e. The number of hydrogen-bond acceptors (Lipinski definition) is 3. The molecule has 0 saturated heterocycles. The maximum Gasteiger partial charge on any atom is 0.303 e. The van der Waals surface area contributed by atoms with E-state index in [1.54, 1.807) is 0 Å². The van der Waals surface area contributed by atoms with Crippen LogP contribution in [0.15, 0.2) is 24.3 Å². The number of hydrogen-bond donors (Lipinski definition) is 3. The summed E-state index contributed by atoms with van der Waals surface area (Å²) in [4.78, 5) is 33.2. The van der Waals surface area contributed by atoms with E-state index >= 15 is 0 Å². The SMILES string of the molecule is NC(=O)[C@@H](CCC(=O)O)NC(=O)c1ccc(F)cc1. The van der Waals surface area contributed by atoms with E-state index in [1.807, 2.05) is 0 Å². The van der Waals surface area contributed by atoms with Crippen molar-refractivity contribution in [3.63, 3.8) is 0 Å². The zero-order valence-electron chi connectivity index (χ0n) is 9.93. The van der Waals surface area contributed by atoms with Crippen molar-refractivity contribution in [3.8, 4) is 0 Å². The number of carbonyl (C=O) groups excluding carboxylic acids is 2. The molecular formula is C12H13FN2O4. The predicted molar refractivity (Wildman–Crippen MR) is 63.7 cm³/mol. The molecule has 0 radical (unpaired) electrons. The molecule has 0 heterocycles. The molecule has 0 aliphatic carbocycles. The number of rotatable bonds is 6. The number of aliphatic carboxylic acids is 1. The summed E-state index contributed by atoms with van der Waals surface area (Å²) < 4.78 is 12.7. The van der Waals surface area contributed by atoms with Gasteiger partial charge in [0.1, 0.15) is 11.9 Å². The van der Waals surface area contributed by atoms with Crippen LogP contribution in [-0.4, -0.2) is 28.9 Å². The molecule has 0 saturated carbocycles. The second-order valence-electron chi connectivity index (χ2n) is 3.87. The molecule has 0 aromatic heterocycles. The van der Waals surface area contributed by atoms with Gasteiger partial charge in [-0.15, -0.1) is 0 Å². The summed E-state index contributed by atoms with van der Waals surface area (Å²) >= 11 is 0. The van der Waals surface area contributed by atoms with Crippen molar-refractivity contribution in [2.24, 2.45) is 5.73 Å². The number of carboxylic acid groups (broad SMARTS) is 1. The van der Waals surface area contributed by atoms with Crippen molar-refractivity contribution in [2.45, 2.75) is 18.9 Å². The standard InChI is InChI=1S/C12H13FN2O4/c13-8-3-1-7(2-4-8)12(19)15-9(11(14)18)5-6-10(16)17/h1-4,9H,5-6H2,(H2,14,18)(H,15,19)(H,16,17)/t9-/m1/s1. The van der Waals surface area contributed by atoms with Gasteiger partial charge in [-0.3, -0.25) is 14.4 Å². The molecule has 19 heavy (non-hydrogen) atoms. The Kier molecular flexibility index (Phi) is 4.99. The van der Waals surface area contributed by atoms with Crippen LogP contribution in [0, 0.1) is 5.82 Å². The lowest BCUT2D eigenvalue weighted by Crippen LogP contribution is -2.44. The van der Waals surface area contributed by atoms with E-state index in [0.29, 0.717) is 0 Å². The zero-order valence-corrected chi connectivity index (χ0v) is 9.93. The topological polar surface area (TPSA) is 109 Å². The molecule has 1 aromatic rings. The Balaban J connectivity index is 2.68. The first kappa shape index (κ1) is 14.6. The highest BCUT2D eigenvalue weighted by Gasteiger charge is 2.19. The summed E-state index contributed by atoms with van der Waals surface area (Å²) in [5.74, 6) is -3.03. The van der Waals surface area contributed by atoms with Gasteiger partial charge < -0.3 is 16.2 Å². The fourth-order valence-electron chi connectivity index (χ4n) is 1.40. The van der Waals surface area contributed by atoms with Gasteiger partial charge in [-0.05, 0) is 30.7 Å². The minimum atomic E-state index is -1.10. The largest absolute Gasteiger partial charge is 0.481 e. The van der Waals surface area contributed by atoms with Crippen molar-refractivity contribution in [1.82, 2.24) is 5.32 Å². The quantitative estimate of drug-likeness (QED) is 0.688. The van der Waals surface area contributed by atoms with Gasteiger partial charge in [-0.2, -0.15) is 0 Å². The van der Waals surface area contributed by atoms with Gasteiger partial charge in [-0.1, -0.05) is 0 Å². The summed E-state index contributed by atoms with van der Waals surface area (Å²) in [6.07, 6.45) is -0.394. The molecule has 1 atom stereocenters. The minimum absolute atomic E-state index is 0.0996.